The second-order valence-corrected chi connectivity index (χ2v) is 6.97. The maximum Gasteiger partial charge on any atom is 0.228 e. The van der Waals surface area contributed by atoms with Crippen molar-refractivity contribution >= 4 is 38.6 Å². The number of aryl methyl sites for hydroxylation is 2. The lowest BCUT2D eigenvalue weighted by Gasteiger charge is -2.03. The number of carbonyl (C=O) groups is 1. The van der Waals surface area contributed by atoms with Crippen LogP contribution in [-0.4, -0.2) is 10.4 Å². The second-order valence-electron chi connectivity index (χ2n) is 6.97. The zero-order valence-corrected chi connectivity index (χ0v) is 15.3. The Balaban J connectivity index is 1.70. The van der Waals surface area contributed by atoms with Crippen LogP contribution in [0.25, 0.3) is 32.8 Å². The molecular weight excluding hydrogens is 334 g/mol. The van der Waals surface area contributed by atoms with E-state index in [4.69, 9.17) is 4.42 Å². The van der Waals surface area contributed by atoms with Crippen molar-refractivity contribution in [2.75, 3.05) is 0 Å². The molecule has 0 amide bonds. The fourth-order valence-corrected chi connectivity index (χ4v) is 3.94. The highest BCUT2D eigenvalue weighted by molar-refractivity contribution is 6.14. The molecule has 0 atom stereocenters. The SMILES string of the molecule is CCn1c2ccc(C)cc2c2cc(C(=O)c3cc4ccccc4o3)ccc21. The predicted molar refractivity (Wildman–Crippen MR) is 110 cm³/mol. The van der Waals surface area contributed by atoms with E-state index >= 15 is 0 Å². The molecule has 3 heteroatoms. The molecule has 0 aliphatic rings. The molecule has 0 bridgehead atoms. The number of benzene rings is 3. The average Bonchev–Trinajstić information content (AvgIpc) is 3.25. The van der Waals surface area contributed by atoms with E-state index < -0.39 is 0 Å². The Kier molecular flexibility index (Phi) is 3.44. The Labute approximate surface area is 156 Å². The molecule has 132 valence electrons. The van der Waals surface area contributed by atoms with Gasteiger partial charge in [0.2, 0.25) is 5.78 Å². The number of nitrogens with zero attached hydrogens (tertiary/aromatic N) is 1. The summed E-state index contributed by atoms with van der Waals surface area (Å²) < 4.78 is 8.07. The van der Waals surface area contributed by atoms with Crippen molar-refractivity contribution in [3.8, 4) is 0 Å². The van der Waals surface area contributed by atoms with Crippen LogP contribution in [0.15, 0.2) is 71.1 Å². The van der Waals surface area contributed by atoms with Crippen LogP contribution in [0.5, 0.6) is 0 Å². The van der Waals surface area contributed by atoms with E-state index in [1.54, 1.807) is 0 Å². The summed E-state index contributed by atoms with van der Waals surface area (Å²) in [6.45, 7) is 5.13. The van der Waals surface area contributed by atoms with Gasteiger partial charge in [0.15, 0.2) is 5.76 Å². The molecule has 0 spiro atoms. The van der Waals surface area contributed by atoms with Gasteiger partial charge in [-0.2, -0.15) is 0 Å². The van der Waals surface area contributed by atoms with Gasteiger partial charge in [-0.05, 0) is 56.3 Å². The van der Waals surface area contributed by atoms with E-state index in [2.05, 4.69) is 36.6 Å². The van der Waals surface area contributed by atoms with Gasteiger partial charge in [-0.25, -0.2) is 0 Å². The Hall–Kier alpha value is -3.33. The fraction of sp³-hybridized carbons (Fsp3) is 0.125. The van der Waals surface area contributed by atoms with Crippen molar-refractivity contribution in [2.45, 2.75) is 20.4 Å². The molecule has 0 aliphatic heterocycles. The van der Waals surface area contributed by atoms with Gasteiger partial charge < -0.3 is 8.98 Å². The van der Waals surface area contributed by atoms with Gasteiger partial charge in [0, 0.05) is 39.3 Å². The number of fused-ring (bicyclic) bond motifs is 4. The predicted octanol–water partition coefficient (Wildman–Crippen LogP) is 6.10. The topological polar surface area (TPSA) is 35.1 Å². The molecule has 0 fully saturated rings. The normalized spacial score (nSPS) is 11.6. The van der Waals surface area contributed by atoms with Crippen molar-refractivity contribution in [3.05, 3.63) is 83.6 Å². The van der Waals surface area contributed by atoms with Crippen LogP contribution in [0.1, 0.15) is 28.6 Å². The van der Waals surface area contributed by atoms with Gasteiger partial charge in [0.25, 0.3) is 0 Å². The number of carbonyl (C=O) groups excluding carboxylic acids is 1. The molecule has 0 saturated carbocycles. The first-order valence-electron chi connectivity index (χ1n) is 9.21. The number of ketones is 1. The third-order valence-electron chi connectivity index (χ3n) is 5.25. The van der Waals surface area contributed by atoms with Crippen LogP contribution >= 0.6 is 0 Å². The first kappa shape index (κ1) is 15.9. The van der Waals surface area contributed by atoms with E-state index in [0.717, 1.165) is 28.4 Å². The molecule has 0 unspecified atom stereocenters. The highest BCUT2D eigenvalue weighted by atomic mass is 16.3. The van der Waals surface area contributed by atoms with Gasteiger partial charge >= 0.3 is 0 Å². The summed E-state index contributed by atoms with van der Waals surface area (Å²) in [6, 6.07) is 21.9. The van der Waals surface area contributed by atoms with Crippen molar-refractivity contribution in [1.82, 2.24) is 4.57 Å². The highest BCUT2D eigenvalue weighted by Crippen LogP contribution is 2.31. The molecular formula is C24H19NO2. The molecule has 3 nitrogen and oxygen atoms in total. The van der Waals surface area contributed by atoms with E-state index in [-0.39, 0.29) is 5.78 Å². The molecule has 2 aromatic heterocycles. The van der Waals surface area contributed by atoms with Crippen molar-refractivity contribution in [3.63, 3.8) is 0 Å². The minimum Gasteiger partial charge on any atom is -0.453 e. The summed E-state index contributed by atoms with van der Waals surface area (Å²) in [5.41, 5.74) is 4.95. The van der Waals surface area contributed by atoms with Crippen LogP contribution in [-0.2, 0) is 6.54 Å². The monoisotopic (exact) mass is 353 g/mol. The van der Waals surface area contributed by atoms with Crippen molar-refractivity contribution in [1.29, 1.82) is 0 Å². The Morgan fingerprint density at radius 2 is 1.67 bits per heavy atom. The summed E-state index contributed by atoms with van der Waals surface area (Å²) in [4.78, 5) is 13.0. The number of para-hydroxylation sites is 1. The van der Waals surface area contributed by atoms with Gasteiger partial charge in [-0.1, -0.05) is 29.8 Å². The summed E-state index contributed by atoms with van der Waals surface area (Å²) >= 11 is 0. The number of furan rings is 1. The highest BCUT2D eigenvalue weighted by Gasteiger charge is 2.17. The first-order valence-corrected chi connectivity index (χ1v) is 9.21. The molecule has 0 radical (unpaired) electrons. The molecule has 0 aliphatic carbocycles. The lowest BCUT2D eigenvalue weighted by atomic mass is 10.0. The zero-order valence-electron chi connectivity index (χ0n) is 15.3. The van der Waals surface area contributed by atoms with Gasteiger partial charge in [0.05, 0.1) is 0 Å². The lowest BCUT2D eigenvalue weighted by molar-refractivity contribution is 0.101. The van der Waals surface area contributed by atoms with E-state index in [1.165, 1.54) is 16.5 Å². The van der Waals surface area contributed by atoms with E-state index in [1.807, 2.05) is 48.5 Å². The van der Waals surface area contributed by atoms with Crippen molar-refractivity contribution < 1.29 is 9.21 Å². The second kappa shape index (κ2) is 5.85. The summed E-state index contributed by atoms with van der Waals surface area (Å²) in [5.74, 6) is 0.295. The first-order chi connectivity index (χ1) is 13.2. The maximum absolute atomic E-state index is 13.0. The van der Waals surface area contributed by atoms with Crippen molar-refractivity contribution in [2.24, 2.45) is 0 Å². The number of hydrogen-bond acceptors (Lipinski definition) is 2. The third kappa shape index (κ3) is 2.39. The number of rotatable bonds is 3. The van der Waals surface area contributed by atoms with Gasteiger partial charge in [-0.3, -0.25) is 4.79 Å². The lowest BCUT2D eigenvalue weighted by Crippen LogP contribution is -1.99. The molecule has 2 heterocycles. The largest absolute Gasteiger partial charge is 0.453 e. The molecule has 5 rings (SSSR count). The van der Waals surface area contributed by atoms with Gasteiger partial charge in [-0.15, -0.1) is 0 Å². The van der Waals surface area contributed by atoms with Gasteiger partial charge in [0.1, 0.15) is 5.58 Å². The summed E-state index contributed by atoms with van der Waals surface area (Å²) in [7, 11) is 0. The van der Waals surface area contributed by atoms with Crippen LogP contribution in [0.3, 0.4) is 0 Å². The fourth-order valence-electron chi connectivity index (χ4n) is 3.94. The molecule has 0 N–H and O–H groups in total. The minimum absolute atomic E-state index is 0.0850. The average molecular weight is 353 g/mol. The Morgan fingerprint density at radius 3 is 2.44 bits per heavy atom. The van der Waals surface area contributed by atoms with Crippen LogP contribution in [0.2, 0.25) is 0 Å². The molecule has 5 aromatic rings. The zero-order chi connectivity index (χ0) is 18.5. The minimum atomic E-state index is -0.0850. The Morgan fingerprint density at radius 1 is 0.926 bits per heavy atom. The molecule has 0 saturated heterocycles. The number of hydrogen-bond donors (Lipinski definition) is 0. The quantitative estimate of drug-likeness (QED) is 0.367. The summed E-state index contributed by atoms with van der Waals surface area (Å²) in [6.07, 6.45) is 0. The standard InChI is InChI=1S/C24H19NO2/c1-3-25-20-10-8-15(2)12-18(20)19-13-17(9-11-21(19)25)24(26)23-14-16-6-4-5-7-22(16)27-23/h4-14H,3H2,1-2H3. The van der Waals surface area contributed by atoms with Crippen LogP contribution in [0, 0.1) is 6.92 Å². The van der Waals surface area contributed by atoms with E-state index in [9.17, 15) is 4.79 Å². The maximum atomic E-state index is 13.0. The van der Waals surface area contributed by atoms with E-state index in [0.29, 0.717) is 11.3 Å². The smallest absolute Gasteiger partial charge is 0.228 e. The molecule has 27 heavy (non-hydrogen) atoms. The number of aromatic nitrogens is 1. The molecule has 3 aromatic carbocycles. The third-order valence-corrected chi connectivity index (χ3v) is 5.25. The van der Waals surface area contributed by atoms with Crippen LogP contribution < -0.4 is 0 Å². The Bertz CT molecular complexity index is 1300. The van der Waals surface area contributed by atoms with Crippen LogP contribution in [0.4, 0.5) is 0 Å². The summed E-state index contributed by atoms with van der Waals surface area (Å²) in [5, 5.41) is 3.24.